The lowest BCUT2D eigenvalue weighted by Gasteiger charge is -2.18. The molecule has 0 aliphatic carbocycles. The minimum Gasteiger partial charge on any atom is -0.310 e. The zero-order valence-electron chi connectivity index (χ0n) is 8.78. The molecule has 0 aliphatic heterocycles. The van der Waals surface area contributed by atoms with Gasteiger partial charge < -0.3 is 5.32 Å². The lowest BCUT2D eigenvalue weighted by Crippen LogP contribution is -2.22. The summed E-state index contributed by atoms with van der Waals surface area (Å²) in [6.45, 7) is 4.49. The fourth-order valence-electron chi connectivity index (χ4n) is 1.56. The Kier molecular flexibility index (Phi) is 4.67. The van der Waals surface area contributed by atoms with Crippen LogP contribution in [0, 0.1) is 11.6 Å². The molecular formula is C11H14BrF2N. The Balaban J connectivity index is 3.15. The first-order valence-electron chi connectivity index (χ1n) is 4.98. The van der Waals surface area contributed by atoms with Gasteiger partial charge in [0, 0.05) is 11.6 Å². The molecule has 1 atom stereocenters. The number of halogens is 3. The lowest BCUT2D eigenvalue weighted by molar-refractivity contribution is 0.464. The van der Waals surface area contributed by atoms with Gasteiger partial charge in [0.15, 0.2) is 0 Å². The summed E-state index contributed by atoms with van der Waals surface area (Å²) in [7, 11) is 0. The van der Waals surface area contributed by atoms with Crippen LogP contribution in [0.3, 0.4) is 0 Å². The average molecular weight is 278 g/mol. The molecule has 4 heteroatoms. The summed E-state index contributed by atoms with van der Waals surface area (Å²) >= 11 is 3.06. The van der Waals surface area contributed by atoms with Crippen molar-refractivity contribution in [3.8, 4) is 0 Å². The Hall–Kier alpha value is -0.480. The lowest BCUT2D eigenvalue weighted by atomic mass is 10.0. The summed E-state index contributed by atoms with van der Waals surface area (Å²) in [4.78, 5) is 0. The maximum absolute atomic E-state index is 13.7. The molecule has 0 amide bonds. The van der Waals surface area contributed by atoms with Crippen molar-refractivity contribution in [3.05, 3.63) is 33.8 Å². The Morgan fingerprint density at radius 3 is 2.53 bits per heavy atom. The Morgan fingerprint density at radius 2 is 2.00 bits per heavy atom. The quantitative estimate of drug-likeness (QED) is 0.826. The largest absolute Gasteiger partial charge is 0.310 e. The van der Waals surface area contributed by atoms with E-state index in [-0.39, 0.29) is 11.6 Å². The zero-order chi connectivity index (χ0) is 11.4. The van der Waals surface area contributed by atoms with E-state index < -0.39 is 11.6 Å². The normalized spacial score (nSPS) is 12.9. The summed E-state index contributed by atoms with van der Waals surface area (Å²) < 4.78 is 27.5. The molecule has 0 aliphatic rings. The molecule has 1 aromatic carbocycles. The summed E-state index contributed by atoms with van der Waals surface area (Å²) in [6.07, 6.45) is 0.651. The van der Waals surface area contributed by atoms with Crippen LogP contribution in [0.4, 0.5) is 8.78 Å². The van der Waals surface area contributed by atoms with Gasteiger partial charge in [-0.25, -0.2) is 8.78 Å². The maximum Gasteiger partial charge on any atom is 0.145 e. The SMILES string of the molecule is CCNC(CC)c1c(F)ccc(Br)c1F. The Bertz CT molecular complexity index is 342. The molecular weight excluding hydrogens is 264 g/mol. The fraction of sp³-hybridized carbons (Fsp3) is 0.455. The molecule has 84 valence electrons. The third-order valence-corrected chi connectivity index (χ3v) is 2.90. The second-order valence-electron chi connectivity index (χ2n) is 3.28. The summed E-state index contributed by atoms with van der Waals surface area (Å²) in [5.41, 5.74) is 0.119. The number of hydrogen-bond acceptors (Lipinski definition) is 1. The van der Waals surface area contributed by atoms with E-state index in [1.807, 2.05) is 13.8 Å². The van der Waals surface area contributed by atoms with Crippen LogP contribution in [0.25, 0.3) is 0 Å². The molecule has 1 nitrogen and oxygen atoms in total. The molecule has 0 bridgehead atoms. The van der Waals surface area contributed by atoms with Crippen molar-refractivity contribution in [2.24, 2.45) is 0 Å². The van der Waals surface area contributed by atoms with Crippen molar-refractivity contribution in [2.75, 3.05) is 6.54 Å². The van der Waals surface area contributed by atoms with E-state index in [1.165, 1.54) is 12.1 Å². The minimum absolute atomic E-state index is 0.119. The minimum atomic E-state index is -0.511. The molecule has 0 heterocycles. The highest BCUT2D eigenvalue weighted by molar-refractivity contribution is 9.10. The van der Waals surface area contributed by atoms with E-state index in [0.717, 1.165) is 0 Å². The number of hydrogen-bond donors (Lipinski definition) is 1. The van der Waals surface area contributed by atoms with E-state index >= 15 is 0 Å². The van der Waals surface area contributed by atoms with Gasteiger partial charge in [-0.3, -0.25) is 0 Å². The molecule has 1 aromatic rings. The van der Waals surface area contributed by atoms with E-state index in [1.54, 1.807) is 0 Å². The van der Waals surface area contributed by atoms with Gasteiger partial charge >= 0.3 is 0 Å². The Labute approximate surface area is 97.0 Å². The first kappa shape index (κ1) is 12.6. The van der Waals surface area contributed by atoms with Crippen LogP contribution in [-0.4, -0.2) is 6.54 Å². The molecule has 0 spiro atoms. The van der Waals surface area contributed by atoms with Gasteiger partial charge in [0.05, 0.1) is 4.47 Å². The van der Waals surface area contributed by atoms with Gasteiger partial charge in [-0.1, -0.05) is 13.8 Å². The predicted octanol–water partition coefficient (Wildman–Crippen LogP) is 3.79. The highest BCUT2D eigenvalue weighted by Gasteiger charge is 2.19. The third kappa shape index (κ3) is 2.75. The first-order chi connectivity index (χ1) is 7.11. The highest BCUT2D eigenvalue weighted by Crippen LogP contribution is 2.28. The van der Waals surface area contributed by atoms with Crippen LogP contribution in [-0.2, 0) is 0 Å². The van der Waals surface area contributed by atoms with Crippen LogP contribution >= 0.6 is 15.9 Å². The molecule has 0 saturated carbocycles. The maximum atomic E-state index is 13.7. The number of benzene rings is 1. The second kappa shape index (κ2) is 5.56. The van der Waals surface area contributed by atoms with Crippen molar-refractivity contribution in [3.63, 3.8) is 0 Å². The third-order valence-electron chi connectivity index (χ3n) is 2.29. The molecule has 0 aromatic heterocycles. The smallest absolute Gasteiger partial charge is 0.145 e. The van der Waals surface area contributed by atoms with Crippen molar-refractivity contribution < 1.29 is 8.78 Å². The Morgan fingerprint density at radius 1 is 1.33 bits per heavy atom. The molecule has 0 saturated heterocycles. The van der Waals surface area contributed by atoms with Crippen molar-refractivity contribution in [2.45, 2.75) is 26.3 Å². The van der Waals surface area contributed by atoms with Crippen LogP contribution in [0.15, 0.2) is 16.6 Å². The van der Waals surface area contributed by atoms with Gasteiger partial charge in [0.2, 0.25) is 0 Å². The average Bonchev–Trinajstić information content (AvgIpc) is 2.22. The number of rotatable bonds is 4. The summed E-state index contributed by atoms with van der Waals surface area (Å²) in [6, 6.07) is 2.39. The van der Waals surface area contributed by atoms with Gasteiger partial charge in [0.1, 0.15) is 11.6 Å². The zero-order valence-corrected chi connectivity index (χ0v) is 10.4. The standard InChI is InChI=1S/C11H14BrF2N/c1-3-9(15-4-2)10-8(13)6-5-7(12)11(10)14/h5-6,9,15H,3-4H2,1-2H3. The number of nitrogens with one attached hydrogen (secondary N) is 1. The van der Waals surface area contributed by atoms with Crippen LogP contribution in [0.1, 0.15) is 31.9 Å². The molecule has 1 rings (SSSR count). The van der Waals surface area contributed by atoms with Gasteiger partial charge in [-0.2, -0.15) is 0 Å². The van der Waals surface area contributed by atoms with Gasteiger partial charge in [0.25, 0.3) is 0 Å². The van der Waals surface area contributed by atoms with Crippen LogP contribution in [0.5, 0.6) is 0 Å². The highest BCUT2D eigenvalue weighted by atomic mass is 79.9. The summed E-state index contributed by atoms with van der Waals surface area (Å²) in [5.74, 6) is -1.01. The first-order valence-corrected chi connectivity index (χ1v) is 5.77. The van der Waals surface area contributed by atoms with Crippen LogP contribution < -0.4 is 5.32 Å². The van der Waals surface area contributed by atoms with Crippen molar-refractivity contribution in [1.82, 2.24) is 5.32 Å². The van der Waals surface area contributed by atoms with E-state index in [9.17, 15) is 8.78 Å². The molecule has 1 unspecified atom stereocenters. The summed E-state index contributed by atoms with van der Waals surface area (Å²) in [5, 5.41) is 3.06. The molecule has 0 radical (unpaired) electrons. The second-order valence-corrected chi connectivity index (χ2v) is 4.13. The van der Waals surface area contributed by atoms with Crippen molar-refractivity contribution in [1.29, 1.82) is 0 Å². The van der Waals surface area contributed by atoms with Crippen LogP contribution in [0.2, 0.25) is 0 Å². The molecule has 15 heavy (non-hydrogen) atoms. The van der Waals surface area contributed by atoms with E-state index in [0.29, 0.717) is 17.4 Å². The topological polar surface area (TPSA) is 12.0 Å². The van der Waals surface area contributed by atoms with Crippen molar-refractivity contribution >= 4 is 15.9 Å². The monoisotopic (exact) mass is 277 g/mol. The van der Waals surface area contributed by atoms with E-state index in [4.69, 9.17) is 0 Å². The fourth-order valence-corrected chi connectivity index (χ4v) is 1.90. The van der Waals surface area contributed by atoms with Gasteiger partial charge in [-0.15, -0.1) is 0 Å². The molecule has 1 N–H and O–H groups in total. The van der Waals surface area contributed by atoms with E-state index in [2.05, 4.69) is 21.2 Å². The molecule has 0 fully saturated rings. The predicted molar refractivity (Wildman–Crippen MR) is 60.8 cm³/mol. The van der Waals surface area contributed by atoms with Gasteiger partial charge in [-0.05, 0) is 41.0 Å².